The van der Waals surface area contributed by atoms with Crippen molar-refractivity contribution in [2.45, 2.75) is 50.0 Å². The minimum atomic E-state index is -1.08. The van der Waals surface area contributed by atoms with Crippen LogP contribution in [0.25, 0.3) is 11.2 Å². The number of hydrogen-bond acceptors (Lipinski definition) is 7. The van der Waals surface area contributed by atoms with Gasteiger partial charge < -0.3 is 19.4 Å². The minimum absolute atomic E-state index is 0.468. The summed E-state index contributed by atoms with van der Waals surface area (Å²) >= 11 is 0. The maximum atomic E-state index is 10.6. The standard InChI is InChI=1S/C17H23N3O4/c1-16(22)6-10-23-17(15(16)21)4-8-20(9-5-17)11-13-19-14-12(24-13)3-2-7-18-14/h2-3,7,15,21-22H,4-6,8-11H2,1H3/t15-,16+/m0/s1. The third kappa shape index (κ3) is 2.71. The topological polar surface area (TPSA) is 91.9 Å². The van der Waals surface area contributed by atoms with Crippen LogP contribution >= 0.6 is 0 Å². The van der Waals surface area contributed by atoms with Gasteiger partial charge in [0.05, 0.1) is 24.4 Å². The number of aliphatic hydroxyl groups is 2. The summed E-state index contributed by atoms with van der Waals surface area (Å²) in [4.78, 5) is 10.8. The molecule has 2 aliphatic heterocycles. The Morgan fingerprint density at radius 2 is 2.12 bits per heavy atom. The summed E-state index contributed by atoms with van der Waals surface area (Å²) in [5.74, 6) is 0.650. The molecule has 0 amide bonds. The zero-order chi connectivity index (χ0) is 16.8. The number of nitrogens with zero attached hydrogens (tertiary/aromatic N) is 3. The Labute approximate surface area is 140 Å². The van der Waals surface area contributed by atoms with Crippen molar-refractivity contribution in [3.05, 3.63) is 24.2 Å². The normalized spacial score (nSPS) is 30.9. The van der Waals surface area contributed by atoms with Gasteiger partial charge in [0, 0.05) is 25.7 Å². The first-order chi connectivity index (χ1) is 11.5. The van der Waals surface area contributed by atoms with Crippen LogP contribution in [0.5, 0.6) is 0 Å². The molecule has 2 fully saturated rings. The minimum Gasteiger partial charge on any atom is -0.438 e. The molecule has 130 valence electrons. The summed E-state index contributed by atoms with van der Waals surface area (Å²) in [6.45, 7) is 4.32. The molecule has 4 heterocycles. The van der Waals surface area contributed by atoms with Gasteiger partial charge in [-0.3, -0.25) is 4.90 Å². The number of likely N-dealkylation sites (tertiary alicyclic amines) is 1. The summed E-state index contributed by atoms with van der Waals surface area (Å²) in [6, 6.07) is 3.69. The van der Waals surface area contributed by atoms with Crippen LogP contribution in [0.1, 0.15) is 32.1 Å². The lowest BCUT2D eigenvalue weighted by Gasteiger charge is -2.51. The van der Waals surface area contributed by atoms with Crippen LogP contribution in [0.2, 0.25) is 0 Å². The number of oxazole rings is 1. The maximum absolute atomic E-state index is 10.6. The molecule has 0 unspecified atom stereocenters. The first-order valence-corrected chi connectivity index (χ1v) is 8.46. The number of aromatic nitrogens is 2. The Kier molecular flexibility index (Phi) is 3.84. The van der Waals surface area contributed by atoms with Crippen LogP contribution in [0.3, 0.4) is 0 Å². The van der Waals surface area contributed by atoms with Gasteiger partial charge in [-0.15, -0.1) is 0 Å². The Morgan fingerprint density at radius 1 is 1.33 bits per heavy atom. The molecule has 0 aromatic carbocycles. The molecule has 1 spiro atoms. The molecule has 7 heteroatoms. The molecule has 24 heavy (non-hydrogen) atoms. The van der Waals surface area contributed by atoms with Crippen molar-refractivity contribution in [2.24, 2.45) is 0 Å². The van der Waals surface area contributed by atoms with Gasteiger partial charge in [-0.25, -0.2) is 4.98 Å². The van der Waals surface area contributed by atoms with E-state index in [9.17, 15) is 10.2 Å². The van der Waals surface area contributed by atoms with E-state index in [2.05, 4.69) is 14.9 Å². The predicted molar refractivity (Wildman–Crippen MR) is 86.2 cm³/mol. The molecule has 2 atom stereocenters. The molecule has 0 aliphatic carbocycles. The monoisotopic (exact) mass is 333 g/mol. The predicted octanol–water partition coefficient (Wildman–Crippen LogP) is 1.09. The van der Waals surface area contributed by atoms with E-state index < -0.39 is 17.3 Å². The van der Waals surface area contributed by atoms with Crippen molar-refractivity contribution in [3.63, 3.8) is 0 Å². The van der Waals surface area contributed by atoms with Crippen molar-refractivity contribution >= 4 is 11.2 Å². The van der Waals surface area contributed by atoms with E-state index in [-0.39, 0.29) is 0 Å². The van der Waals surface area contributed by atoms with Gasteiger partial charge in [0.2, 0.25) is 5.89 Å². The molecule has 4 rings (SSSR count). The highest BCUT2D eigenvalue weighted by molar-refractivity contribution is 5.66. The lowest BCUT2D eigenvalue weighted by Crippen LogP contribution is -2.64. The summed E-state index contributed by atoms with van der Waals surface area (Å²) in [5, 5.41) is 20.9. The van der Waals surface area contributed by atoms with Crippen molar-refractivity contribution < 1.29 is 19.4 Å². The van der Waals surface area contributed by atoms with Gasteiger partial charge in [-0.2, -0.15) is 4.98 Å². The molecular formula is C17H23N3O4. The number of rotatable bonds is 2. The van der Waals surface area contributed by atoms with Gasteiger partial charge >= 0.3 is 0 Å². The molecule has 0 saturated carbocycles. The Morgan fingerprint density at radius 3 is 2.88 bits per heavy atom. The fourth-order valence-corrected chi connectivity index (χ4v) is 3.82. The number of hydrogen-bond donors (Lipinski definition) is 2. The van der Waals surface area contributed by atoms with E-state index in [0.29, 0.717) is 49.5 Å². The van der Waals surface area contributed by atoms with Gasteiger partial charge in [0.25, 0.3) is 0 Å². The van der Waals surface area contributed by atoms with Gasteiger partial charge in [0.15, 0.2) is 11.2 Å². The van der Waals surface area contributed by atoms with Gasteiger partial charge in [-0.05, 0) is 31.9 Å². The second kappa shape index (κ2) is 5.77. The molecule has 2 aliphatic rings. The molecule has 0 bridgehead atoms. The van der Waals surface area contributed by atoms with E-state index in [1.807, 2.05) is 12.1 Å². The second-order valence-corrected chi connectivity index (χ2v) is 7.13. The Balaban J connectivity index is 1.42. The third-order valence-electron chi connectivity index (χ3n) is 5.36. The number of piperidine rings is 1. The molecular weight excluding hydrogens is 310 g/mol. The Hall–Kier alpha value is -1.54. The summed E-state index contributed by atoms with van der Waals surface area (Å²) in [7, 11) is 0. The smallest absolute Gasteiger partial charge is 0.211 e. The summed E-state index contributed by atoms with van der Waals surface area (Å²) < 4.78 is 11.6. The van der Waals surface area contributed by atoms with Crippen molar-refractivity contribution in [2.75, 3.05) is 19.7 Å². The zero-order valence-electron chi connectivity index (χ0n) is 13.8. The third-order valence-corrected chi connectivity index (χ3v) is 5.36. The highest BCUT2D eigenvalue weighted by Gasteiger charge is 2.52. The first-order valence-electron chi connectivity index (χ1n) is 8.46. The van der Waals surface area contributed by atoms with Crippen LogP contribution in [-0.4, -0.2) is 62.1 Å². The maximum Gasteiger partial charge on any atom is 0.211 e. The van der Waals surface area contributed by atoms with E-state index in [1.165, 1.54) is 0 Å². The average Bonchev–Trinajstić information content (AvgIpc) is 2.97. The van der Waals surface area contributed by atoms with E-state index in [1.54, 1.807) is 13.1 Å². The fraction of sp³-hybridized carbons (Fsp3) is 0.647. The van der Waals surface area contributed by atoms with Crippen LogP contribution in [0.4, 0.5) is 0 Å². The number of fused-ring (bicyclic) bond motifs is 1. The molecule has 2 aromatic rings. The molecule has 0 radical (unpaired) electrons. The van der Waals surface area contributed by atoms with Crippen LogP contribution in [-0.2, 0) is 11.3 Å². The van der Waals surface area contributed by atoms with E-state index in [0.717, 1.165) is 13.1 Å². The molecule has 7 nitrogen and oxygen atoms in total. The zero-order valence-corrected chi connectivity index (χ0v) is 13.8. The number of pyridine rings is 1. The largest absolute Gasteiger partial charge is 0.438 e. The fourth-order valence-electron chi connectivity index (χ4n) is 3.82. The van der Waals surface area contributed by atoms with Crippen molar-refractivity contribution in [1.29, 1.82) is 0 Å². The average molecular weight is 333 g/mol. The van der Waals surface area contributed by atoms with Gasteiger partial charge in [0.1, 0.15) is 6.10 Å². The van der Waals surface area contributed by atoms with Crippen molar-refractivity contribution in [1.82, 2.24) is 14.9 Å². The van der Waals surface area contributed by atoms with Crippen LogP contribution in [0.15, 0.2) is 22.7 Å². The first kappa shape index (κ1) is 16.0. The van der Waals surface area contributed by atoms with Crippen molar-refractivity contribution in [3.8, 4) is 0 Å². The second-order valence-electron chi connectivity index (χ2n) is 7.13. The van der Waals surface area contributed by atoms with Crippen LogP contribution in [0, 0.1) is 0 Å². The van der Waals surface area contributed by atoms with Gasteiger partial charge in [-0.1, -0.05) is 0 Å². The van der Waals surface area contributed by atoms with E-state index in [4.69, 9.17) is 9.15 Å². The quantitative estimate of drug-likeness (QED) is 0.850. The molecule has 2 saturated heterocycles. The highest BCUT2D eigenvalue weighted by atomic mass is 16.5. The SMILES string of the molecule is C[C@@]1(O)CCOC2(CCN(Cc3nc4ncccc4o3)CC2)[C@H]1O. The number of aliphatic hydroxyl groups excluding tert-OH is 1. The Bertz CT molecular complexity index is 688. The van der Waals surface area contributed by atoms with Crippen LogP contribution < -0.4 is 0 Å². The number of ether oxygens (including phenoxy) is 1. The summed E-state index contributed by atoms with van der Waals surface area (Å²) in [6.07, 6.45) is 2.68. The highest BCUT2D eigenvalue weighted by Crippen LogP contribution is 2.39. The van der Waals surface area contributed by atoms with E-state index >= 15 is 0 Å². The molecule has 2 aromatic heterocycles. The lowest BCUT2D eigenvalue weighted by molar-refractivity contribution is -0.246. The molecule has 2 N–H and O–H groups in total. The summed E-state index contributed by atoms with van der Waals surface area (Å²) in [5.41, 5.74) is -0.390. The lowest BCUT2D eigenvalue weighted by atomic mass is 9.75.